The second-order valence-corrected chi connectivity index (χ2v) is 8.36. The predicted octanol–water partition coefficient (Wildman–Crippen LogP) is 5.69. The summed E-state index contributed by atoms with van der Waals surface area (Å²) in [6, 6.07) is 11.6. The quantitative estimate of drug-likeness (QED) is 0.474. The van der Waals surface area contributed by atoms with Crippen LogP contribution in [0.25, 0.3) is 11.5 Å². The number of halogens is 3. The summed E-state index contributed by atoms with van der Waals surface area (Å²) in [7, 11) is 0. The highest BCUT2D eigenvalue weighted by atomic mass is 19.4. The standard InChI is InChI=1S/C25H25F3N2O4/c1-16-22(34-23(29-16)18-8-10-19(11-9-18)25(26,27)28)15-33-20-6-4-5-17(13-20)14-30-12-3-2-7-21(30)24(31)32/h4-6,8-11,13,21H,2-3,7,12,14-15H2,1H3,(H,31,32)/t21-/m1/s1. The van der Waals surface area contributed by atoms with Gasteiger partial charge in [0.25, 0.3) is 0 Å². The lowest BCUT2D eigenvalue weighted by atomic mass is 10.0. The average molecular weight is 474 g/mol. The molecule has 1 aliphatic rings. The minimum absolute atomic E-state index is 0.102. The molecule has 2 aromatic carbocycles. The number of aryl methyl sites for hydroxylation is 1. The van der Waals surface area contributed by atoms with Gasteiger partial charge in [0.05, 0.1) is 11.3 Å². The Hall–Kier alpha value is -3.33. The molecule has 34 heavy (non-hydrogen) atoms. The number of hydrogen-bond acceptors (Lipinski definition) is 5. The lowest BCUT2D eigenvalue weighted by Gasteiger charge is -2.32. The van der Waals surface area contributed by atoms with Gasteiger partial charge in [-0.05, 0) is 68.3 Å². The molecule has 6 nitrogen and oxygen atoms in total. The monoisotopic (exact) mass is 474 g/mol. The summed E-state index contributed by atoms with van der Waals surface area (Å²) < 4.78 is 50.0. The maximum atomic E-state index is 12.8. The van der Waals surface area contributed by atoms with Gasteiger partial charge in [0.2, 0.25) is 5.89 Å². The van der Waals surface area contributed by atoms with E-state index < -0.39 is 23.8 Å². The zero-order valence-electron chi connectivity index (χ0n) is 18.6. The Morgan fingerprint density at radius 1 is 1.21 bits per heavy atom. The molecule has 180 valence electrons. The van der Waals surface area contributed by atoms with E-state index in [4.69, 9.17) is 9.15 Å². The number of carboxylic acid groups (broad SMARTS) is 1. The van der Waals surface area contributed by atoms with Gasteiger partial charge in [-0.15, -0.1) is 0 Å². The number of ether oxygens (including phenoxy) is 1. The molecule has 9 heteroatoms. The fourth-order valence-electron chi connectivity index (χ4n) is 4.06. The van der Waals surface area contributed by atoms with Gasteiger partial charge in [-0.3, -0.25) is 9.69 Å². The molecule has 2 heterocycles. The van der Waals surface area contributed by atoms with Crippen LogP contribution in [0, 0.1) is 6.92 Å². The lowest BCUT2D eigenvalue weighted by molar-refractivity contribution is -0.145. The number of likely N-dealkylation sites (tertiary alicyclic amines) is 1. The van der Waals surface area contributed by atoms with Crippen molar-refractivity contribution in [3.63, 3.8) is 0 Å². The summed E-state index contributed by atoms with van der Waals surface area (Å²) in [5.74, 6) is 0.510. The van der Waals surface area contributed by atoms with E-state index >= 15 is 0 Å². The van der Waals surface area contributed by atoms with Crippen LogP contribution in [0.5, 0.6) is 5.75 Å². The maximum absolute atomic E-state index is 12.8. The third-order valence-corrected chi connectivity index (χ3v) is 5.90. The molecule has 1 fully saturated rings. The Morgan fingerprint density at radius 3 is 2.68 bits per heavy atom. The normalized spacial score (nSPS) is 17.0. The smallest absolute Gasteiger partial charge is 0.416 e. The molecular formula is C25H25F3N2O4. The highest BCUT2D eigenvalue weighted by Crippen LogP contribution is 2.31. The maximum Gasteiger partial charge on any atom is 0.416 e. The topological polar surface area (TPSA) is 75.8 Å². The number of benzene rings is 2. The molecule has 1 aromatic heterocycles. The van der Waals surface area contributed by atoms with Gasteiger partial charge in [0.1, 0.15) is 18.4 Å². The van der Waals surface area contributed by atoms with Crippen LogP contribution in [0.3, 0.4) is 0 Å². The summed E-state index contributed by atoms with van der Waals surface area (Å²) in [6.07, 6.45) is -1.85. The Bertz CT molecular complexity index is 1140. The summed E-state index contributed by atoms with van der Waals surface area (Å²) >= 11 is 0. The van der Waals surface area contributed by atoms with Crippen LogP contribution < -0.4 is 4.74 Å². The molecule has 1 saturated heterocycles. The summed E-state index contributed by atoms with van der Waals surface area (Å²) in [5.41, 5.74) is 1.25. The van der Waals surface area contributed by atoms with Crippen LogP contribution in [0.4, 0.5) is 13.2 Å². The molecule has 0 bridgehead atoms. The van der Waals surface area contributed by atoms with Crippen LogP contribution in [0.2, 0.25) is 0 Å². The van der Waals surface area contributed by atoms with E-state index in [2.05, 4.69) is 4.98 Å². The molecule has 0 aliphatic carbocycles. The highest BCUT2D eigenvalue weighted by Gasteiger charge is 2.30. The molecule has 0 amide bonds. The summed E-state index contributed by atoms with van der Waals surface area (Å²) in [4.78, 5) is 17.8. The van der Waals surface area contributed by atoms with Crippen LogP contribution in [-0.2, 0) is 24.1 Å². The van der Waals surface area contributed by atoms with E-state index in [9.17, 15) is 23.1 Å². The highest BCUT2D eigenvalue weighted by molar-refractivity contribution is 5.73. The summed E-state index contributed by atoms with van der Waals surface area (Å²) in [6.45, 7) is 3.11. The van der Waals surface area contributed by atoms with Crippen molar-refractivity contribution >= 4 is 5.97 Å². The van der Waals surface area contributed by atoms with Crippen LogP contribution in [-0.4, -0.2) is 33.5 Å². The van der Waals surface area contributed by atoms with E-state index in [0.29, 0.717) is 35.7 Å². The van der Waals surface area contributed by atoms with Crippen LogP contribution in [0.1, 0.15) is 41.8 Å². The van der Waals surface area contributed by atoms with Crippen molar-refractivity contribution in [3.8, 4) is 17.2 Å². The zero-order valence-corrected chi connectivity index (χ0v) is 18.6. The van der Waals surface area contributed by atoms with Gasteiger partial charge in [0.15, 0.2) is 5.76 Å². The molecule has 0 unspecified atom stereocenters. The van der Waals surface area contributed by atoms with Gasteiger partial charge in [-0.25, -0.2) is 4.98 Å². The third kappa shape index (κ3) is 5.59. The number of aliphatic carboxylic acids is 1. The molecule has 3 aromatic rings. The number of carbonyl (C=O) groups is 1. The first-order valence-corrected chi connectivity index (χ1v) is 11.0. The fourth-order valence-corrected chi connectivity index (χ4v) is 4.06. The number of oxazole rings is 1. The molecule has 0 radical (unpaired) electrons. The second kappa shape index (κ2) is 9.89. The first-order valence-electron chi connectivity index (χ1n) is 11.0. The first-order chi connectivity index (χ1) is 16.2. The second-order valence-electron chi connectivity index (χ2n) is 8.36. The number of alkyl halides is 3. The molecular weight excluding hydrogens is 449 g/mol. The fraction of sp³-hybridized carbons (Fsp3) is 0.360. The lowest BCUT2D eigenvalue weighted by Crippen LogP contribution is -2.43. The van der Waals surface area contributed by atoms with Crippen LogP contribution in [0.15, 0.2) is 52.9 Å². The number of piperidine rings is 1. The molecule has 4 rings (SSSR count). The molecule has 1 N–H and O–H groups in total. The van der Waals surface area contributed by atoms with Crippen molar-refractivity contribution in [3.05, 3.63) is 71.1 Å². The Labute approximate surface area is 195 Å². The number of aromatic nitrogens is 1. The number of nitrogens with zero attached hydrogens (tertiary/aromatic N) is 2. The van der Waals surface area contributed by atoms with Crippen molar-refractivity contribution in [1.82, 2.24) is 9.88 Å². The molecule has 0 spiro atoms. The van der Waals surface area contributed by atoms with Gasteiger partial charge >= 0.3 is 12.1 Å². The zero-order chi connectivity index (χ0) is 24.3. The third-order valence-electron chi connectivity index (χ3n) is 5.90. The van der Waals surface area contributed by atoms with E-state index in [1.807, 2.05) is 23.1 Å². The number of rotatable bonds is 7. The van der Waals surface area contributed by atoms with Crippen molar-refractivity contribution in [2.75, 3.05) is 6.54 Å². The average Bonchev–Trinajstić information content (AvgIpc) is 3.18. The van der Waals surface area contributed by atoms with E-state index in [-0.39, 0.29) is 12.5 Å². The number of hydrogen-bond donors (Lipinski definition) is 1. The van der Waals surface area contributed by atoms with E-state index in [1.54, 1.807) is 13.0 Å². The minimum atomic E-state index is -4.40. The Kier molecular flexibility index (Phi) is 6.92. The molecule has 0 saturated carbocycles. The SMILES string of the molecule is Cc1nc(-c2ccc(C(F)(F)F)cc2)oc1COc1cccc(CN2CCCC[C@@H]2C(=O)O)c1. The van der Waals surface area contributed by atoms with Gasteiger partial charge in [-0.1, -0.05) is 18.6 Å². The van der Waals surface area contributed by atoms with E-state index in [0.717, 1.165) is 37.1 Å². The van der Waals surface area contributed by atoms with Gasteiger partial charge < -0.3 is 14.3 Å². The Morgan fingerprint density at radius 2 is 1.97 bits per heavy atom. The van der Waals surface area contributed by atoms with Crippen molar-refractivity contribution in [2.45, 2.75) is 51.6 Å². The first kappa shape index (κ1) is 23.8. The van der Waals surface area contributed by atoms with Crippen molar-refractivity contribution in [1.29, 1.82) is 0 Å². The molecule has 1 atom stereocenters. The van der Waals surface area contributed by atoms with Crippen molar-refractivity contribution in [2.24, 2.45) is 0 Å². The largest absolute Gasteiger partial charge is 0.486 e. The van der Waals surface area contributed by atoms with Crippen LogP contribution >= 0.6 is 0 Å². The number of carboxylic acids is 1. The minimum Gasteiger partial charge on any atom is -0.486 e. The van der Waals surface area contributed by atoms with Crippen molar-refractivity contribution < 1.29 is 32.2 Å². The Balaban J connectivity index is 1.41. The van der Waals surface area contributed by atoms with E-state index in [1.165, 1.54) is 12.1 Å². The van der Waals surface area contributed by atoms with Gasteiger partial charge in [0, 0.05) is 12.1 Å². The predicted molar refractivity (Wildman–Crippen MR) is 118 cm³/mol. The van der Waals surface area contributed by atoms with Gasteiger partial charge in [-0.2, -0.15) is 13.2 Å². The molecule has 1 aliphatic heterocycles. The summed E-state index contributed by atoms with van der Waals surface area (Å²) in [5, 5.41) is 9.48.